The van der Waals surface area contributed by atoms with E-state index in [9.17, 15) is 17.9 Å². The van der Waals surface area contributed by atoms with Crippen molar-refractivity contribution in [3.8, 4) is 0 Å². The van der Waals surface area contributed by atoms with Gasteiger partial charge in [-0.3, -0.25) is 0 Å². The normalized spacial score (nSPS) is 22.7. The highest BCUT2D eigenvalue weighted by atomic mass is 32.2. The van der Waals surface area contributed by atoms with Gasteiger partial charge in [0.2, 0.25) is 10.0 Å². The molecule has 1 aliphatic rings. The number of aliphatic hydroxyl groups is 1. The summed E-state index contributed by atoms with van der Waals surface area (Å²) in [4.78, 5) is -0.0447. The van der Waals surface area contributed by atoms with Crippen LogP contribution in [-0.4, -0.2) is 64.0 Å². The number of nitrogens with zero attached hydrogens (tertiary/aromatic N) is 1. The van der Waals surface area contributed by atoms with Crippen LogP contribution < -0.4 is 0 Å². The van der Waals surface area contributed by atoms with Crippen LogP contribution in [0.3, 0.4) is 0 Å². The van der Waals surface area contributed by atoms with Crippen LogP contribution in [0.2, 0.25) is 0 Å². The zero-order chi connectivity index (χ0) is 17.7. The van der Waals surface area contributed by atoms with E-state index in [-0.39, 0.29) is 36.6 Å². The van der Waals surface area contributed by atoms with Gasteiger partial charge >= 0.3 is 0 Å². The topological polar surface area (TPSA) is 76.1 Å². The summed E-state index contributed by atoms with van der Waals surface area (Å²) < 4.78 is 51.2. The quantitative estimate of drug-likeness (QED) is 0.738. The largest absolute Gasteiger partial charge is 0.396 e. The summed E-state index contributed by atoms with van der Waals surface area (Å²) in [6.45, 7) is 2.64. The molecule has 0 spiro atoms. The predicted molar refractivity (Wildman–Crippen MR) is 86.7 cm³/mol. The summed E-state index contributed by atoms with van der Waals surface area (Å²) in [5.74, 6) is -0.808. The minimum atomic E-state index is -3.85. The fourth-order valence-corrected chi connectivity index (χ4v) is 4.63. The number of piperidine rings is 1. The molecule has 1 aromatic rings. The molecule has 2 atom stereocenters. The molecule has 0 aliphatic carbocycles. The van der Waals surface area contributed by atoms with Crippen LogP contribution in [0.4, 0.5) is 4.39 Å². The molecule has 0 bridgehead atoms. The Morgan fingerprint density at radius 1 is 1.33 bits per heavy atom. The number of aliphatic hydroxyl groups excluding tert-OH is 1. The van der Waals surface area contributed by atoms with Gasteiger partial charge in [0, 0.05) is 26.8 Å². The summed E-state index contributed by atoms with van der Waals surface area (Å²) >= 11 is 0. The zero-order valence-electron chi connectivity index (χ0n) is 13.9. The monoisotopic (exact) mass is 361 g/mol. The summed E-state index contributed by atoms with van der Waals surface area (Å²) in [5, 5.41) is 9.47. The first kappa shape index (κ1) is 19.3. The number of benzene rings is 1. The smallest absolute Gasteiger partial charge is 0.243 e. The standard InChI is InChI=1S/C16H24FNO5S/c1-12-3-4-14(17)8-16(12)24(20,21)18-9-13(11-19)7-15(10-18)23-6-5-22-2/h3-4,8,13,15,19H,5-7,9-11H2,1-2H3. The molecule has 0 saturated carbocycles. The maximum absolute atomic E-state index is 13.5. The van der Waals surface area contributed by atoms with Gasteiger partial charge in [-0.15, -0.1) is 0 Å². The number of ether oxygens (including phenoxy) is 2. The lowest BCUT2D eigenvalue weighted by Crippen LogP contribution is -2.48. The fourth-order valence-electron chi connectivity index (χ4n) is 2.85. The summed E-state index contributed by atoms with van der Waals surface area (Å²) in [5.41, 5.74) is 0.486. The van der Waals surface area contributed by atoms with Crippen molar-refractivity contribution in [3.63, 3.8) is 0 Å². The minimum absolute atomic E-state index is 0.0447. The molecule has 6 nitrogen and oxygen atoms in total. The first-order valence-electron chi connectivity index (χ1n) is 7.86. The molecule has 1 heterocycles. The zero-order valence-corrected chi connectivity index (χ0v) is 14.8. The third-order valence-corrected chi connectivity index (χ3v) is 6.11. The molecule has 0 amide bonds. The van der Waals surface area contributed by atoms with Crippen LogP contribution >= 0.6 is 0 Å². The SMILES string of the molecule is COCCOC1CC(CO)CN(S(=O)(=O)c2cc(F)ccc2C)C1. The Hall–Kier alpha value is -1.06. The van der Waals surface area contributed by atoms with Crippen LogP contribution in [0.15, 0.2) is 23.1 Å². The van der Waals surface area contributed by atoms with Crippen molar-refractivity contribution in [2.24, 2.45) is 5.92 Å². The molecule has 1 N–H and O–H groups in total. The molecular weight excluding hydrogens is 337 g/mol. The fraction of sp³-hybridized carbons (Fsp3) is 0.625. The van der Waals surface area contributed by atoms with Gasteiger partial charge in [0.15, 0.2) is 0 Å². The van der Waals surface area contributed by atoms with Crippen LogP contribution in [-0.2, 0) is 19.5 Å². The number of hydrogen-bond donors (Lipinski definition) is 1. The van der Waals surface area contributed by atoms with Gasteiger partial charge in [0.25, 0.3) is 0 Å². The number of aryl methyl sites for hydroxylation is 1. The van der Waals surface area contributed by atoms with Gasteiger partial charge in [-0.05, 0) is 37.0 Å². The first-order valence-corrected chi connectivity index (χ1v) is 9.30. The molecule has 2 rings (SSSR count). The molecule has 8 heteroatoms. The molecule has 2 unspecified atom stereocenters. The molecule has 0 aromatic heterocycles. The number of methoxy groups -OCH3 is 1. The number of halogens is 1. The molecular formula is C16H24FNO5S. The van der Waals surface area contributed by atoms with E-state index in [0.29, 0.717) is 25.2 Å². The van der Waals surface area contributed by atoms with Crippen molar-refractivity contribution in [1.82, 2.24) is 4.31 Å². The Morgan fingerprint density at radius 2 is 2.08 bits per heavy atom. The Balaban J connectivity index is 2.22. The number of sulfonamides is 1. The van der Waals surface area contributed by atoms with E-state index in [1.54, 1.807) is 14.0 Å². The van der Waals surface area contributed by atoms with Crippen molar-refractivity contribution in [1.29, 1.82) is 0 Å². The van der Waals surface area contributed by atoms with E-state index in [2.05, 4.69) is 0 Å². The lowest BCUT2D eigenvalue weighted by Gasteiger charge is -2.36. The number of rotatable bonds is 7. The minimum Gasteiger partial charge on any atom is -0.396 e. The summed E-state index contributed by atoms with van der Waals surface area (Å²) in [7, 11) is -2.29. The summed E-state index contributed by atoms with van der Waals surface area (Å²) in [6.07, 6.45) is 0.253. The highest BCUT2D eigenvalue weighted by Crippen LogP contribution is 2.27. The van der Waals surface area contributed by atoms with E-state index in [1.165, 1.54) is 16.4 Å². The van der Waals surface area contributed by atoms with E-state index < -0.39 is 15.8 Å². The summed E-state index contributed by atoms with van der Waals surface area (Å²) in [6, 6.07) is 3.72. The van der Waals surface area contributed by atoms with Gasteiger partial charge in [0.1, 0.15) is 5.82 Å². The average Bonchev–Trinajstić information content (AvgIpc) is 2.57. The number of hydrogen-bond acceptors (Lipinski definition) is 5. The lowest BCUT2D eigenvalue weighted by molar-refractivity contribution is -0.0265. The molecule has 1 aliphatic heterocycles. The highest BCUT2D eigenvalue weighted by molar-refractivity contribution is 7.89. The predicted octanol–water partition coefficient (Wildman–Crippen LogP) is 1.17. The molecule has 24 heavy (non-hydrogen) atoms. The maximum atomic E-state index is 13.5. The maximum Gasteiger partial charge on any atom is 0.243 e. The third kappa shape index (κ3) is 4.52. The Kier molecular flexibility index (Phi) is 6.70. The average molecular weight is 361 g/mol. The van der Waals surface area contributed by atoms with Gasteiger partial charge in [-0.25, -0.2) is 12.8 Å². The molecule has 136 valence electrons. The van der Waals surface area contributed by atoms with E-state index in [1.807, 2.05) is 0 Å². The Morgan fingerprint density at radius 3 is 2.75 bits per heavy atom. The second-order valence-electron chi connectivity index (χ2n) is 6.00. The Bertz CT molecular complexity index is 652. The van der Waals surface area contributed by atoms with Crippen molar-refractivity contribution in [3.05, 3.63) is 29.6 Å². The third-order valence-electron chi connectivity index (χ3n) is 4.13. The second-order valence-corrected chi connectivity index (χ2v) is 7.91. The molecule has 0 radical (unpaired) electrons. The second kappa shape index (κ2) is 8.35. The van der Waals surface area contributed by atoms with Crippen molar-refractivity contribution < 1.29 is 27.4 Å². The van der Waals surface area contributed by atoms with E-state index in [0.717, 1.165) is 6.07 Å². The van der Waals surface area contributed by atoms with Gasteiger partial charge < -0.3 is 14.6 Å². The van der Waals surface area contributed by atoms with E-state index >= 15 is 0 Å². The molecule has 1 aromatic carbocycles. The van der Waals surface area contributed by atoms with Crippen LogP contribution in [0.5, 0.6) is 0 Å². The lowest BCUT2D eigenvalue weighted by atomic mass is 9.98. The van der Waals surface area contributed by atoms with E-state index in [4.69, 9.17) is 9.47 Å². The Labute approximate surface area is 142 Å². The van der Waals surface area contributed by atoms with Gasteiger partial charge in [0.05, 0.1) is 24.2 Å². The van der Waals surface area contributed by atoms with Crippen molar-refractivity contribution in [2.75, 3.05) is 40.0 Å². The first-order chi connectivity index (χ1) is 11.4. The van der Waals surface area contributed by atoms with Crippen molar-refractivity contribution >= 4 is 10.0 Å². The van der Waals surface area contributed by atoms with Crippen LogP contribution in [0.1, 0.15) is 12.0 Å². The highest BCUT2D eigenvalue weighted by Gasteiger charge is 2.35. The van der Waals surface area contributed by atoms with Gasteiger partial charge in [-0.2, -0.15) is 4.31 Å². The molecule has 1 saturated heterocycles. The van der Waals surface area contributed by atoms with Gasteiger partial charge in [-0.1, -0.05) is 6.07 Å². The van der Waals surface area contributed by atoms with Crippen molar-refractivity contribution in [2.45, 2.75) is 24.3 Å². The van der Waals surface area contributed by atoms with Crippen LogP contribution in [0, 0.1) is 18.7 Å². The van der Waals surface area contributed by atoms with Crippen LogP contribution in [0.25, 0.3) is 0 Å². The molecule has 1 fully saturated rings.